The third-order valence-electron chi connectivity index (χ3n) is 14.9. The number of guanidine groups is 1. The number of hydrogen-bond acceptors (Lipinski definition) is 14. The first-order valence-corrected chi connectivity index (χ1v) is 29.5. The van der Waals surface area contributed by atoms with Crippen molar-refractivity contribution in [2.75, 3.05) is 26.2 Å². The molecule has 4 aromatic rings. The SMILES string of the molecule is CCNC(=O)C1CCCN1C(=O)C(CCCN=C(N)N)NC(=O)C(CC(C)C)N[13C](=O)[13CH]([13CH2][13CH]([13CH3])[13CH3])NC(=O)C(Cc1ccc(O)cc1)NC(=O)C(CO)NC(=O)C(Cc1c[nH]c2ccccc12)NC(=O)C(Cc1cnc[nH]1)NC(=O)C1CCC(=O)N1. The number of carbonyl (C=O) groups excluding carboxylic acids is 10. The Bertz CT molecular complexity index is 3050. The Balaban J connectivity index is 1.22. The lowest BCUT2D eigenvalue weighted by molar-refractivity contribution is -0.142. The third kappa shape index (κ3) is 20.0. The predicted octanol–water partition coefficient (Wildman–Crippen LogP) is -1.44. The number of aromatic nitrogens is 3. The van der Waals surface area contributed by atoms with E-state index >= 15 is 0 Å². The van der Waals surface area contributed by atoms with Gasteiger partial charge >= 0.3 is 0 Å². The first-order chi connectivity index (χ1) is 41.5. The lowest BCUT2D eigenvalue weighted by Crippen LogP contribution is -2.61. The summed E-state index contributed by atoms with van der Waals surface area (Å²) in [6, 6.07) is 1.58. The second kappa shape index (κ2) is 32.4. The zero-order valence-electron chi connectivity index (χ0n) is 49.8. The van der Waals surface area contributed by atoms with Crippen LogP contribution in [0.4, 0.5) is 0 Å². The van der Waals surface area contributed by atoms with Crippen LogP contribution < -0.4 is 59.3 Å². The largest absolute Gasteiger partial charge is 0.508 e. The molecule has 2 aromatic heterocycles. The summed E-state index contributed by atoms with van der Waals surface area (Å²) in [5.74, 6) is -7.55. The molecule has 4 heterocycles. The maximum absolute atomic E-state index is 14.7. The molecule has 0 saturated carbocycles. The summed E-state index contributed by atoms with van der Waals surface area (Å²) >= 11 is 0. The first kappa shape index (κ1) is 67.1. The van der Waals surface area contributed by atoms with Gasteiger partial charge in [-0.2, -0.15) is 0 Å². The minimum atomic E-state index is -1.75. The summed E-state index contributed by atoms with van der Waals surface area (Å²) in [5.41, 5.74) is 13.3. The molecule has 9 atom stereocenters. The number of imidazole rings is 1. The lowest BCUT2D eigenvalue weighted by Gasteiger charge is -2.31. The van der Waals surface area contributed by atoms with E-state index in [0.29, 0.717) is 41.6 Å². The van der Waals surface area contributed by atoms with Crippen molar-refractivity contribution in [3.63, 3.8) is 0 Å². The summed E-state index contributed by atoms with van der Waals surface area (Å²) in [5, 5.41) is 45.9. The fourth-order valence-corrected chi connectivity index (χ4v) is 10.5. The van der Waals surface area contributed by atoms with Gasteiger partial charge < -0.3 is 84.4 Å². The molecule has 0 bridgehead atoms. The number of phenols is 1. The number of benzene rings is 2. The van der Waals surface area contributed by atoms with Crippen molar-refractivity contribution in [2.45, 2.75) is 160 Å². The van der Waals surface area contributed by atoms with Crippen LogP contribution in [0.2, 0.25) is 0 Å². The Labute approximate surface area is 504 Å². The van der Waals surface area contributed by atoms with E-state index in [1.54, 1.807) is 45.2 Å². The van der Waals surface area contributed by atoms with Crippen LogP contribution >= 0.6 is 0 Å². The number of H-pyrrole nitrogens is 2. The van der Waals surface area contributed by atoms with Crippen molar-refractivity contribution in [2.24, 2.45) is 28.3 Å². The zero-order chi connectivity index (χ0) is 63.3. The highest BCUT2D eigenvalue weighted by Crippen LogP contribution is 2.22. The van der Waals surface area contributed by atoms with Gasteiger partial charge in [-0.05, 0) is 93.0 Å². The zero-order valence-corrected chi connectivity index (χ0v) is 49.8. The topological polar surface area (TPSA) is 432 Å². The minimum absolute atomic E-state index is 0.0397. The monoisotopic (exact) mass is 1210 g/mol. The molecule has 472 valence electrons. The fourth-order valence-electron chi connectivity index (χ4n) is 10.5. The van der Waals surface area contributed by atoms with Crippen molar-refractivity contribution < 1.29 is 58.2 Å². The molecule has 2 aliphatic heterocycles. The Morgan fingerprint density at radius 1 is 0.701 bits per heavy atom. The van der Waals surface area contributed by atoms with Gasteiger partial charge in [0.15, 0.2) is 5.96 Å². The van der Waals surface area contributed by atoms with Gasteiger partial charge in [0.25, 0.3) is 0 Å². The molecule has 9 unspecified atom stereocenters. The Hall–Kier alpha value is -9.08. The Kier molecular flexibility index (Phi) is 25.0. The quantitative estimate of drug-likeness (QED) is 0.0115. The average Bonchev–Trinajstić information content (AvgIpc) is 2.39. The summed E-state index contributed by atoms with van der Waals surface area (Å²) in [7, 11) is 0. The summed E-state index contributed by atoms with van der Waals surface area (Å²) in [6.07, 6.45) is 5.80. The van der Waals surface area contributed by atoms with Gasteiger partial charge in [-0.15, -0.1) is 0 Å². The van der Waals surface area contributed by atoms with Crippen molar-refractivity contribution in [1.82, 2.24) is 67.7 Å². The standard InChI is InChI=1S/C59H84N16O12/c1-6-63-57(86)48-14-10-22-75(48)58(87)41(13-9-21-64-59(60)61)68-51(80)42(23-32(2)3)69-52(81)43(24-33(4)5)70-53(82)44(25-34-15-17-37(77)18-16-34)71-56(85)47(30-76)74-54(83)45(26-35-28-65-39-12-8-7-11-38(35)39)72-55(84)46(27-36-29-62-31-66-36)73-50(79)40-19-20-49(78)67-40/h7-8,11-12,15-18,28-29,31-33,40-48,65,76-77H,6,9-10,13-14,19-27,30H2,1-5H3,(H,62,66)(H,63,86)(H,67,78)(H,68,80)(H,69,81)(H,70,82)(H,71,85)(H,72,84)(H,73,79)(H,74,83)(H4,60,61,64)/i4+1,5+1,24+1,33+1,43+1,52+1. The maximum Gasteiger partial charge on any atom is 0.245 e. The molecule has 6 rings (SSSR count). The molecular formula is C59H84N16O12. The highest BCUT2D eigenvalue weighted by molar-refractivity contribution is 5.99. The molecule has 0 aliphatic carbocycles. The number of fused-ring (bicyclic) bond motifs is 1. The number of aromatic amines is 2. The van der Waals surface area contributed by atoms with Crippen molar-refractivity contribution >= 4 is 75.9 Å². The molecule has 17 N–H and O–H groups in total. The van der Waals surface area contributed by atoms with Gasteiger partial charge in [-0.3, -0.25) is 52.9 Å². The molecule has 2 aliphatic rings. The number of aliphatic hydroxyl groups excluding tert-OH is 1. The molecular weight excluding hydrogens is 1130 g/mol. The molecule has 0 radical (unpaired) electrons. The van der Waals surface area contributed by atoms with Crippen molar-refractivity contribution in [3.05, 3.63) is 84.1 Å². The lowest BCUT2D eigenvalue weighted by atomic mass is 10.0. The van der Waals surface area contributed by atoms with Crippen LogP contribution in [0, 0.1) is 11.8 Å². The van der Waals surface area contributed by atoms with Gasteiger partial charge in [-0.1, -0.05) is 58.0 Å². The van der Waals surface area contributed by atoms with Gasteiger partial charge in [0.2, 0.25) is 59.1 Å². The Morgan fingerprint density at radius 3 is 1.85 bits per heavy atom. The molecule has 2 saturated heterocycles. The average molecular weight is 1220 g/mol. The number of likely N-dealkylation sites (tertiary alicyclic amines) is 1. The normalized spacial score (nSPS) is 17.1. The predicted molar refractivity (Wildman–Crippen MR) is 320 cm³/mol. The van der Waals surface area contributed by atoms with Gasteiger partial charge in [0.05, 0.1) is 12.9 Å². The number of nitrogens with two attached hydrogens (primary N) is 2. The number of nitrogens with one attached hydrogen (secondary N) is 11. The number of aromatic hydroxyl groups is 1. The van der Waals surface area contributed by atoms with Crippen LogP contribution in [0.3, 0.4) is 0 Å². The van der Waals surface area contributed by atoms with Crippen LogP contribution in [0.25, 0.3) is 10.9 Å². The third-order valence-corrected chi connectivity index (χ3v) is 14.9. The summed E-state index contributed by atoms with van der Waals surface area (Å²) in [4.78, 5) is 155. The van der Waals surface area contributed by atoms with E-state index in [2.05, 4.69) is 67.8 Å². The number of likely N-dealkylation sites (N-methyl/N-ethyl adjacent to an activating group) is 1. The van der Waals surface area contributed by atoms with Crippen LogP contribution in [-0.4, -0.2) is 176 Å². The number of hydrogen-bond donors (Lipinski definition) is 15. The highest BCUT2D eigenvalue weighted by atomic mass is 16.3. The number of carbonyl (C=O) groups is 10. The smallest absolute Gasteiger partial charge is 0.245 e. The molecule has 10 amide bonds. The van der Waals surface area contributed by atoms with E-state index in [0.717, 1.165) is 5.52 Å². The molecule has 2 aromatic carbocycles. The van der Waals surface area contributed by atoms with E-state index in [1.165, 1.54) is 41.7 Å². The number of aliphatic imine (C=N–C) groups is 1. The fraction of sp³-hybridized carbons (Fsp3) is 0.525. The first-order valence-electron chi connectivity index (χ1n) is 29.5. The van der Waals surface area contributed by atoms with Gasteiger partial charge in [0, 0.05) is 74.3 Å². The maximum atomic E-state index is 14.7. The van der Waals surface area contributed by atoms with E-state index < -0.39 is 108 Å². The summed E-state index contributed by atoms with van der Waals surface area (Å²) in [6.45, 7) is 8.82. The highest BCUT2D eigenvalue weighted by Gasteiger charge is 2.40. The van der Waals surface area contributed by atoms with Crippen molar-refractivity contribution in [1.29, 1.82) is 0 Å². The van der Waals surface area contributed by atoms with Crippen LogP contribution in [0.5, 0.6) is 5.75 Å². The second-order valence-corrected chi connectivity index (χ2v) is 22.8. The van der Waals surface area contributed by atoms with Crippen LogP contribution in [0.1, 0.15) is 103 Å². The molecule has 87 heavy (non-hydrogen) atoms. The van der Waals surface area contributed by atoms with E-state index in [-0.39, 0.29) is 106 Å². The number of phenolic OH excluding ortho intramolecular Hbond substituents is 1. The molecule has 28 nitrogen and oxygen atoms in total. The number of amides is 10. The van der Waals surface area contributed by atoms with E-state index in [4.69, 9.17) is 11.5 Å². The number of para-hydroxylation sites is 1. The molecule has 0 spiro atoms. The second-order valence-electron chi connectivity index (χ2n) is 22.8. The van der Waals surface area contributed by atoms with Crippen LogP contribution in [-0.2, 0) is 67.2 Å². The number of nitrogens with zero attached hydrogens (tertiary/aromatic N) is 3. The number of rotatable bonds is 32. The van der Waals surface area contributed by atoms with Gasteiger partial charge in [-0.25, -0.2) is 4.98 Å². The molecule has 2 fully saturated rings. The van der Waals surface area contributed by atoms with E-state index in [9.17, 15) is 58.2 Å². The molecule has 28 heteroatoms. The number of aliphatic hydroxyl groups is 1. The van der Waals surface area contributed by atoms with Crippen LogP contribution in [0.15, 0.2) is 72.2 Å². The van der Waals surface area contributed by atoms with Crippen molar-refractivity contribution in [3.8, 4) is 5.75 Å². The van der Waals surface area contributed by atoms with Gasteiger partial charge in [0.1, 0.15) is 60.1 Å². The van der Waals surface area contributed by atoms with E-state index in [1.807, 2.05) is 19.9 Å². The summed E-state index contributed by atoms with van der Waals surface area (Å²) < 4.78 is 0. The Morgan fingerprint density at radius 2 is 1.28 bits per heavy atom. The minimum Gasteiger partial charge on any atom is -0.508 e.